The number of benzene rings is 1. The number of carbonyl (C=O) groups excluding carboxylic acids is 1. The fourth-order valence-corrected chi connectivity index (χ4v) is 3.91. The van der Waals surface area contributed by atoms with Gasteiger partial charge in [-0.05, 0) is 11.6 Å². The lowest BCUT2D eigenvalue weighted by Gasteiger charge is -2.04. The molecule has 0 atom stereocenters. The summed E-state index contributed by atoms with van der Waals surface area (Å²) >= 11 is 5.11. The molecule has 17 heavy (non-hydrogen) atoms. The summed E-state index contributed by atoms with van der Waals surface area (Å²) in [5, 5.41) is 0. The molecule has 1 aromatic heterocycles. The second-order valence-corrected chi connectivity index (χ2v) is 7.00. The van der Waals surface area contributed by atoms with E-state index < -0.39 is 0 Å². The Bertz CT molecular complexity index is 575. The van der Waals surface area contributed by atoms with Gasteiger partial charge in [0.2, 0.25) is 0 Å². The van der Waals surface area contributed by atoms with E-state index in [1.165, 1.54) is 4.88 Å². The van der Waals surface area contributed by atoms with Gasteiger partial charge < -0.3 is 0 Å². The normalized spacial score (nSPS) is 10.8. The topological polar surface area (TPSA) is 17.1 Å². The highest BCUT2D eigenvalue weighted by Gasteiger charge is 2.10. The van der Waals surface area contributed by atoms with Crippen LogP contribution < -0.4 is 0 Å². The minimum atomic E-state index is 0.0454. The van der Waals surface area contributed by atoms with E-state index in [0.29, 0.717) is 0 Å². The molecule has 0 spiro atoms. The molecule has 0 aliphatic carbocycles. The number of hydrogen-bond donors (Lipinski definition) is 0. The first-order valence-electron chi connectivity index (χ1n) is 5.33. The van der Waals surface area contributed by atoms with Crippen LogP contribution in [0.3, 0.4) is 0 Å². The standard InChI is InChI=1S/C13H12OS3/c1-8(2)13(14)10-5-3-9(4-6-10)11-7-12(15)17-16-11/h3-8H,1-2H3. The lowest BCUT2D eigenvalue weighted by molar-refractivity contribution is 0.0939. The Morgan fingerprint density at radius 2 is 1.82 bits per heavy atom. The lowest BCUT2D eigenvalue weighted by Crippen LogP contribution is -2.06. The summed E-state index contributed by atoms with van der Waals surface area (Å²) in [5.74, 6) is 0.235. The summed E-state index contributed by atoms with van der Waals surface area (Å²) in [7, 11) is 3.28. The van der Waals surface area contributed by atoms with Crippen molar-refractivity contribution in [3.63, 3.8) is 0 Å². The molecule has 0 saturated carbocycles. The van der Waals surface area contributed by atoms with Crippen LogP contribution in [0.1, 0.15) is 24.2 Å². The van der Waals surface area contributed by atoms with E-state index in [1.807, 2.05) is 44.2 Å². The predicted molar refractivity (Wildman–Crippen MR) is 77.6 cm³/mol. The average molecular weight is 280 g/mol. The molecule has 0 fully saturated rings. The second-order valence-electron chi connectivity index (χ2n) is 4.09. The molecule has 88 valence electrons. The molecule has 4 heteroatoms. The summed E-state index contributed by atoms with van der Waals surface area (Å²) in [6.45, 7) is 3.83. The van der Waals surface area contributed by atoms with Gasteiger partial charge in [0.15, 0.2) is 5.78 Å². The van der Waals surface area contributed by atoms with Gasteiger partial charge in [-0.1, -0.05) is 71.0 Å². The first kappa shape index (κ1) is 12.6. The molecule has 1 nitrogen and oxygen atoms in total. The van der Waals surface area contributed by atoms with Gasteiger partial charge in [0.1, 0.15) is 3.82 Å². The number of Topliss-reactive ketones (excluding diaryl/α,β-unsaturated/α-hetero) is 1. The Morgan fingerprint density at radius 1 is 1.18 bits per heavy atom. The lowest BCUT2D eigenvalue weighted by atomic mass is 10.00. The van der Waals surface area contributed by atoms with E-state index in [-0.39, 0.29) is 11.7 Å². The van der Waals surface area contributed by atoms with Crippen molar-refractivity contribution in [1.82, 2.24) is 0 Å². The molecule has 2 aromatic rings. The smallest absolute Gasteiger partial charge is 0.165 e. The molecular weight excluding hydrogens is 268 g/mol. The van der Waals surface area contributed by atoms with E-state index in [2.05, 4.69) is 0 Å². The van der Waals surface area contributed by atoms with Crippen molar-refractivity contribution < 1.29 is 4.79 Å². The monoisotopic (exact) mass is 280 g/mol. The van der Waals surface area contributed by atoms with Crippen LogP contribution in [0.25, 0.3) is 10.4 Å². The van der Waals surface area contributed by atoms with E-state index in [1.54, 1.807) is 20.7 Å². The van der Waals surface area contributed by atoms with Crippen LogP contribution in [-0.4, -0.2) is 5.78 Å². The first-order chi connectivity index (χ1) is 8.08. The zero-order valence-corrected chi connectivity index (χ0v) is 12.0. The van der Waals surface area contributed by atoms with Gasteiger partial charge in [0.05, 0.1) is 0 Å². The van der Waals surface area contributed by atoms with Crippen LogP contribution in [-0.2, 0) is 0 Å². The number of rotatable bonds is 3. The minimum absolute atomic E-state index is 0.0454. The molecule has 1 heterocycles. The van der Waals surface area contributed by atoms with Gasteiger partial charge in [-0.15, -0.1) is 0 Å². The van der Waals surface area contributed by atoms with Gasteiger partial charge in [-0.2, -0.15) is 0 Å². The molecule has 0 bridgehead atoms. The molecule has 0 unspecified atom stereocenters. The average Bonchev–Trinajstić information content (AvgIpc) is 2.75. The highest BCUT2D eigenvalue weighted by molar-refractivity contribution is 7.80. The summed E-state index contributed by atoms with van der Waals surface area (Å²) in [6.07, 6.45) is 0. The molecule has 0 N–H and O–H groups in total. The third kappa shape index (κ3) is 2.89. The molecule has 0 aliphatic heterocycles. The van der Waals surface area contributed by atoms with Crippen molar-refractivity contribution in [2.75, 3.05) is 0 Å². The van der Waals surface area contributed by atoms with Gasteiger partial charge in [0, 0.05) is 16.4 Å². The highest BCUT2D eigenvalue weighted by Crippen LogP contribution is 2.29. The van der Waals surface area contributed by atoms with Crippen LogP contribution in [0.2, 0.25) is 0 Å². The Labute approximate surface area is 113 Å². The van der Waals surface area contributed by atoms with Crippen LogP contribution in [0, 0.1) is 9.74 Å². The Morgan fingerprint density at radius 3 is 2.29 bits per heavy atom. The van der Waals surface area contributed by atoms with Crippen molar-refractivity contribution in [1.29, 1.82) is 0 Å². The zero-order valence-electron chi connectivity index (χ0n) is 9.60. The van der Waals surface area contributed by atoms with Crippen LogP contribution >= 0.6 is 32.9 Å². The minimum Gasteiger partial charge on any atom is -0.294 e. The zero-order chi connectivity index (χ0) is 12.4. The molecule has 0 radical (unpaired) electrons. The molecule has 0 aliphatic rings. The maximum Gasteiger partial charge on any atom is 0.165 e. The van der Waals surface area contributed by atoms with Crippen molar-refractivity contribution in [2.24, 2.45) is 5.92 Å². The third-order valence-electron chi connectivity index (χ3n) is 2.44. The third-order valence-corrected chi connectivity index (χ3v) is 5.35. The van der Waals surface area contributed by atoms with Crippen molar-refractivity contribution >= 4 is 38.7 Å². The summed E-state index contributed by atoms with van der Waals surface area (Å²) < 4.78 is 0.910. The van der Waals surface area contributed by atoms with Gasteiger partial charge >= 0.3 is 0 Å². The fraction of sp³-hybridized carbons (Fsp3) is 0.231. The number of hydrogen-bond acceptors (Lipinski definition) is 4. The Balaban J connectivity index is 2.30. The molecule has 0 amide bonds. The Kier molecular flexibility index (Phi) is 3.86. The molecule has 0 saturated heterocycles. The van der Waals surface area contributed by atoms with Crippen molar-refractivity contribution in [3.05, 3.63) is 39.7 Å². The predicted octanol–water partition coefficient (Wildman–Crippen LogP) is 5.04. The molecule has 2 rings (SSSR count). The van der Waals surface area contributed by atoms with Gasteiger partial charge in [-0.25, -0.2) is 0 Å². The van der Waals surface area contributed by atoms with E-state index in [9.17, 15) is 4.79 Å². The molecule has 1 aromatic carbocycles. The largest absolute Gasteiger partial charge is 0.294 e. The SMILES string of the molecule is CC(C)C(=O)c1ccc(-c2cc(=S)ss2)cc1. The van der Waals surface area contributed by atoms with Crippen LogP contribution in [0.4, 0.5) is 0 Å². The van der Waals surface area contributed by atoms with E-state index >= 15 is 0 Å². The van der Waals surface area contributed by atoms with Crippen LogP contribution in [0.5, 0.6) is 0 Å². The summed E-state index contributed by atoms with van der Waals surface area (Å²) in [6, 6.07) is 9.77. The maximum absolute atomic E-state index is 11.8. The van der Waals surface area contributed by atoms with Gasteiger partial charge in [-0.3, -0.25) is 4.79 Å². The first-order valence-corrected chi connectivity index (χ1v) is 7.88. The quantitative estimate of drug-likeness (QED) is 0.445. The highest BCUT2D eigenvalue weighted by atomic mass is 32.9. The van der Waals surface area contributed by atoms with E-state index in [4.69, 9.17) is 12.2 Å². The van der Waals surface area contributed by atoms with Crippen molar-refractivity contribution in [2.45, 2.75) is 13.8 Å². The second kappa shape index (κ2) is 5.21. The summed E-state index contributed by atoms with van der Waals surface area (Å²) in [4.78, 5) is 13.0. The van der Waals surface area contributed by atoms with Gasteiger partial charge in [0.25, 0.3) is 0 Å². The van der Waals surface area contributed by atoms with Crippen LogP contribution in [0.15, 0.2) is 30.3 Å². The summed E-state index contributed by atoms with van der Waals surface area (Å²) in [5.41, 5.74) is 1.91. The fourth-order valence-electron chi connectivity index (χ4n) is 1.50. The van der Waals surface area contributed by atoms with Crippen molar-refractivity contribution in [3.8, 4) is 10.4 Å². The molecular formula is C13H12OS3. The number of ketones is 1. The maximum atomic E-state index is 11.8. The van der Waals surface area contributed by atoms with E-state index in [0.717, 1.165) is 15.0 Å². The number of carbonyl (C=O) groups is 1. The Hall–Kier alpha value is -0.840.